The van der Waals surface area contributed by atoms with Gasteiger partial charge in [0.05, 0.1) is 17.1 Å². The zero-order valence-corrected chi connectivity index (χ0v) is 12.9. The highest BCUT2D eigenvalue weighted by atomic mass is 35.5. The van der Waals surface area contributed by atoms with Crippen molar-refractivity contribution in [2.45, 2.75) is 6.54 Å². The normalized spacial score (nSPS) is 10.8. The number of anilines is 1. The Bertz CT molecular complexity index is 838. The molecule has 1 heterocycles. The summed E-state index contributed by atoms with van der Waals surface area (Å²) in [5.41, 5.74) is 1.14. The second kappa shape index (κ2) is 6.34. The molecule has 0 saturated heterocycles. The molecule has 1 aromatic heterocycles. The van der Waals surface area contributed by atoms with E-state index in [9.17, 15) is 8.78 Å². The van der Waals surface area contributed by atoms with Gasteiger partial charge in [0.25, 0.3) is 0 Å². The van der Waals surface area contributed by atoms with Crippen molar-refractivity contribution in [1.29, 1.82) is 0 Å². The lowest BCUT2D eigenvalue weighted by atomic mass is 10.2. The maximum atomic E-state index is 13.3. The summed E-state index contributed by atoms with van der Waals surface area (Å²) in [7, 11) is 1.71. The van der Waals surface area contributed by atoms with Gasteiger partial charge < -0.3 is 9.32 Å². The van der Waals surface area contributed by atoms with E-state index in [1.165, 1.54) is 6.07 Å². The molecule has 0 fully saturated rings. The van der Waals surface area contributed by atoms with Crippen molar-refractivity contribution in [3.8, 4) is 11.5 Å². The van der Waals surface area contributed by atoms with Crippen LogP contribution in [-0.2, 0) is 6.54 Å². The van der Waals surface area contributed by atoms with Gasteiger partial charge in [-0.1, -0.05) is 23.7 Å². The molecule has 0 saturated carbocycles. The van der Waals surface area contributed by atoms with E-state index in [1.54, 1.807) is 30.1 Å². The standard InChI is InChI=1S/C16H12ClF2N3O/c1-22(10-6-7-13(18)14(19)8-10)9-15-20-21-16(23-15)11-4-2-3-5-12(11)17/h2-8H,9H2,1H3. The Morgan fingerprint density at radius 2 is 1.87 bits per heavy atom. The van der Waals surface area contributed by atoms with Gasteiger partial charge in [-0.25, -0.2) is 8.78 Å². The molecule has 2 aromatic carbocycles. The quantitative estimate of drug-likeness (QED) is 0.712. The highest BCUT2D eigenvalue weighted by molar-refractivity contribution is 6.33. The van der Waals surface area contributed by atoms with E-state index in [4.69, 9.17) is 16.0 Å². The third-order valence-corrected chi connectivity index (χ3v) is 3.62. The van der Waals surface area contributed by atoms with Crippen molar-refractivity contribution in [2.75, 3.05) is 11.9 Å². The zero-order valence-electron chi connectivity index (χ0n) is 12.1. The van der Waals surface area contributed by atoms with E-state index in [-0.39, 0.29) is 6.54 Å². The molecule has 0 atom stereocenters. The van der Waals surface area contributed by atoms with E-state index < -0.39 is 11.6 Å². The Labute approximate surface area is 136 Å². The molecule has 3 aromatic rings. The minimum Gasteiger partial charge on any atom is -0.419 e. The average Bonchev–Trinajstić information content (AvgIpc) is 2.98. The summed E-state index contributed by atoms with van der Waals surface area (Å²) < 4.78 is 31.8. The minimum atomic E-state index is -0.906. The average molecular weight is 336 g/mol. The van der Waals surface area contributed by atoms with Crippen LogP contribution in [0.15, 0.2) is 46.9 Å². The largest absolute Gasteiger partial charge is 0.419 e. The van der Waals surface area contributed by atoms with E-state index in [0.717, 1.165) is 12.1 Å². The summed E-state index contributed by atoms with van der Waals surface area (Å²) in [5, 5.41) is 8.43. The Kier molecular flexibility index (Phi) is 4.25. The summed E-state index contributed by atoms with van der Waals surface area (Å²) in [6.07, 6.45) is 0. The van der Waals surface area contributed by atoms with Crippen LogP contribution in [0.1, 0.15) is 5.89 Å². The Hall–Kier alpha value is -2.47. The molecule has 0 aliphatic carbocycles. The van der Waals surface area contributed by atoms with Crippen LogP contribution in [-0.4, -0.2) is 17.2 Å². The Balaban J connectivity index is 1.78. The van der Waals surface area contributed by atoms with Crippen LogP contribution in [0.2, 0.25) is 5.02 Å². The predicted octanol–water partition coefficient (Wildman–Crippen LogP) is 4.30. The molecule has 4 nitrogen and oxygen atoms in total. The van der Waals surface area contributed by atoms with Gasteiger partial charge in [-0.05, 0) is 24.3 Å². The first-order chi connectivity index (χ1) is 11.0. The highest BCUT2D eigenvalue weighted by Crippen LogP contribution is 2.27. The Morgan fingerprint density at radius 3 is 2.61 bits per heavy atom. The summed E-state index contributed by atoms with van der Waals surface area (Å²) in [6.45, 7) is 0.253. The summed E-state index contributed by atoms with van der Waals surface area (Å²) in [4.78, 5) is 1.67. The molecule has 3 rings (SSSR count). The van der Waals surface area contributed by atoms with Crippen LogP contribution >= 0.6 is 11.6 Å². The first-order valence-electron chi connectivity index (χ1n) is 6.78. The van der Waals surface area contributed by atoms with Gasteiger partial charge >= 0.3 is 0 Å². The number of rotatable bonds is 4. The fourth-order valence-corrected chi connectivity index (χ4v) is 2.29. The van der Waals surface area contributed by atoms with Crippen molar-refractivity contribution >= 4 is 17.3 Å². The third-order valence-electron chi connectivity index (χ3n) is 3.29. The van der Waals surface area contributed by atoms with Crippen molar-refractivity contribution < 1.29 is 13.2 Å². The van der Waals surface area contributed by atoms with Crippen LogP contribution in [0.25, 0.3) is 11.5 Å². The minimum absolute atomic E-state index is 0.253. The van der Waals surface area contributed by atoms with Crippen LogP contribution < -0.4 is 4.90 Å². The van der Waals surface area contributed by atoms with Gasteiger partial charge in [-0.15, -0.1) is 10.2 Å². The highest BCUT2D eigenvalue weighted by Gasteiger charge is 2.14. The molecule has 23 heavy (non-hydrogen) atoms. The van der Waals surface area contributed by atoms with Crippen molar-refractivity contribution in [1.82, 2.24) is 10.2 Å². The molecule has 0 unspecified atom stereocenters. The molecule has 0 N–H and O–H groups in total. The fraction of sp³-hybridized carbons (Fsp3) is 0.125. The molecule has 0 bridgehead atoms. The maximum Gasteiger partial charge on any atom is 0.249 e. The number of nitrogens with zero attached hydrogens (tertiary/aromatic N) is 3. The number of hydrogen-bond acceptors (Lipinski definition) is 4. The third kappa shape index (κ3) is 3.32. The lowest BCUT2D eigenvalue weighted by Gasteiger charge is -2.16. The SMILES string of the molecule is CN(Cc1nnc(-c2ccccc2Cl)o1)c1ccc(F)c(F)c1. The van der Waals surface area contributed by atoms with Gasteiger partial charge in [0.2, 0.25) is 11.8 Å². The molecule has 0 spiro atoms. The molecular weight excluding hydrogens is 324 g/mol. The summed E-state index contributed by atoms with van der Waals surface area (Å²) in [6, 6.07) is 10.8. The molecule has 7 heteroatoms. The second-order valence-electron chi connectivity index (χ2n) is 4.94. The monoisotopic (exact) mass is 335 g/mol. The fourth-order valence-electron chi connectivity index (χ4n) is 2.08. The molecule has 0 aliphatic rings. The van der Waals surface area contributed by atoms with Crippen molar-refractivity contribution in [2.24, 2.45) is 0 Å². The molecular formula is C16H12ClF2N3O. The lowest BCUT2D eigenvalue weighted by Crippen LogP contribution is -2.16. The first-order valence-corrected chi connectivity index (χ1v) is 7.16. The topological polar surface area (TPSA) is 42.2 Å². The second-order valence-corrected chi connectivity index (χ2v) is 5.34. The predicted molar refractivity (Wildman–Crippen MR) is 83.2 cm³/mol. The van der Waals surface area contributed by atoms with Gasteiger partial charge in [0, 0.05) is 18.8 Å². The summed E-state index contributed by atoms with van der Waals surface area (Å²) >= 11 is 6.09. The number of aromatic nitrogens is 2. The van der Waals surface area contributed by atoms with Crippen molar-refractivity contribution in [3.63, 3.8) is 0 Å². The van der Waals surface area contributed by atoms with E-state index in [2.05, 4.69) is 10.2 Å². The van der Waals surface area contributed by atoms with Crippen LogP contribution in [0, 0.1) is 11.6 Å². The molecule has 0 aliphatic heterocycles. The van der Waals surface area contributed by atoms with Crippen LogP contribution in [0.3, 0.4) is 0 Å². The number of benzene rings is 2. The lowest BCUT2D eigenvalue weighted by molar-refractivity contribution is 0.499. The summed E-state index contributed by atoms with van der Waals surface area (Å²) in [5.74, 6) is -1.14. The van der Waals surface area contributed by atoms with E-state index in [1.807, 2.05) is 6.07 Å². The zero-order chi connectivity index (χ0) is 16.4. The van der Waals surface area contributed by atoms with Crippen LogP contribution in [0.5, 0.6) is 0 Å². The van der Waals surface area contributed by atoms with Crippen molar-refractivity contribution in [3.05, 3.63) is 65.0 Å². The van der Waals surface area contributed by atoms with E-state index >= 15 is 0 Å². The smallest absolute Gasteiger partial charge is 0.249 e. The van der Waals surface area contributed by atoms with Gasteiger partial charge in [0.15, 0.2) is 11.6 Å². The number of halogens is 3. The van der Waals surface area contributed by atoms with Gasteiger partial charge in [-0.3, -0.25) is 0 Å². The van der Waals surface area contributed by atoms with Gasteiger partial charge in [-0.2, -0.15) is 0 Å². The first kappa shape index (κ1) is 15.4. The molecule has 0 radical (unpaired) electrons. The van der Waals surface area contributed by atoms with E-state index in [0.29, 0.717) is 28.1 Å². The maximum absolute atomic E-state index is 13.3. The number of hydrogen-bond donors (Lipinski definition) is 0. The molecule has 118 valence electrons. The van der Waals surface area contributed by atoms with Gasteiger partial charge in [0.1, 0.15) is 0 Å². The molecule has 0 amide bonds. The van der Waals surface area contributed by atoms with Crippen LogP contribution in [0.4, 0.5) is 14.5 Å². The Morgan fingerprint density at radius 1 is 1.09 bits per heavy atom.